The Labute approximate surface area is 52.3 Å². The molecule has 1 rings (SSSR count). The number of rotatable bonds is 2. The first-order valence-electron chi connectivity index (χ1n) is 2.53. The molecule has 0 aromatic carbocycles. The van der Waals surface area contributed by atoms with Crippen LogP contribution < -0.4 is 0 Å². The normalized spacial score (nSPS) is 15.8. The molecule has 50 valence electrons. The quantitative estimate of drug-likeness (QED) is 0.562. The van der Waals surface area contributed by atoms with Crippen molar-refractivity contribution >= 4 is 5.97 Å². The lowest BCUT2D eigenvalue weighted by Crippen LogP contribution is -2.22. The molecular weight excluding hydrogens is 122 g/mol. The Hall–Kier alpha value is -1.19. The van der Waals surface area contributed by atoms with Crippen molar-refractivity contribution in [1.82, 2.24) is 4.90 Å². The highest BCUT2D eigenvalue weighted by Gasteiger charge is 2.07. The fraction of sp³-hybridized carbons (Fsp3) is 0.400. The molecule has 0 saturated carbocycles. The van der Waals surface area contributed by atoms with Gasteiger partial charge in [0, 0.05) is 6.20 Å². The maximum absolute atomic E-state index is 10.0. The number of aliphatic carboxylic acids is 1. The van der Waals surface area contributed by atoms with Crippen LogP contribution in [-0.2, 0) is 9.53 Å². The number of carboxylic acids is 1. The zero-order chi connectivity index (χ0) is 6.69. The van der Waals surface area contributed by atoms with Crippen LogP contribution in [0.2, 0.25) is 0 Å². The average Bonchev–Trinajstić information content (AvgIpc) is 2.15. The minimum Gasteiger partial charge on any atom is -0.480 e. The lowest BCUT2D eigenvalue weighted by atomic mass is 10.6. The van der Waals surface area contributed by atoms with Gasteiger partial charge in [0.15, 0.2) is 6.73 Å². The lowest BCUT2D eigenvalue weighted by molar-refractivity contribution is -0.138. The monoisotopic (exact) mass is 129 g/mol. The number of carbonyl (C=O) groups is 1. The van der Waals surface area contributed by atoms with E-state index in [-0.39, 0.29) is 6.54 Å². The molecule has 1 N–H and O–H groups in total. The third-order valence-electron chi connectivity index (χ3n) is 0.947. The van der Waals surface area contributed by atoms with E-state index in [0.717, 1.165) is 0 Å². The summed E-state index contributed by atoms with van der Waals surface area (Å²) in [6, 6.07) is 0. The van der Waals surface area contributed by atoms with Gasteiger partial charge in [-0.3, -0.25) is 4.79 Å². The number of carboxylic acid groups (broad SMARTS) is 1. The van der Waals surface area contributed by atoms with Gasteiger partial charge in [-0.1, -0.05) is 0 Å². The van der Waals surface area contributed by atoms with Gasteiger partial charge in [0.1, 0.15) is 12.8 Å². The van der Waals surface area contributed by atoms with Crippen LogP contribution in [-0.4, -0.2) is 29.3 Å². The molecule has 4 nitrogen and oxygen atoms in total. The summed E-state index contributed by atoms with van der Waals surface area (Å²) in [6.45, 7) is 0.364. The van der Waals surface area contributed by atoms with Crippen LogP contribution >= 0.6 is 0 Å². The van der Waals surface area contributed by atoms with E-state index in [4.69, 9.17) is 9.84 Å². The summed E-state index contributed by atoms with van der Waals surface area (Å²) in [6.07, 6.45) is 3.08. The molecule has 0 amide bonds. The number of ether oxygens (including phenoxy) is 1. The Morgan fingerprint density at radius 3 is 3.11 bits per heavy atom. The second kappa shape index (κ2) is 2.39. The van der Waals surface area contributed by atoms with Crippen LogP contribution in [0.3, 0.4) is 0 Å². The van der Waals surface area contributed by atoms with Gasteiger partial charge in [0.25, 0.3) is 0 Å². The minimum absolute atomic E-state index is 0.0104. The van der Waals surface area contributed by atoms with Gasteiger partial charge in [-0.25, -0.2) is 0 Å². The van der Waals surface area contributed by atoms with Crippen molar-refractivity contribution in [3.05, 3.63) is 12.5 Å². The smallest absolute Gasteiger partial charge is 0.323 e. The summed E-state index contributed by atoms with van der Waals surface area (Å²) in [4.78, 5) is 11.6. The van der Waals surface area contributed by atoms with Crippen molar-refractivity contribution in [2.75, 3.05) is 13.3 Å². The van der Waals surface area contributed by atoms with Crippen molar-refractivity contribution < 1.29 is 14.6 Å². The van der Waals surface area contributed by atoms with E-state index in [1.54, 1.807) is 11.1 Å². The highest BCUT2D eigenvalue weighted by atomic mass is 16.5. The molecule has 0 saturated heterocycles. The number of nitrogens with zero attached hydrogens (tertiary/aromatic N) is 1. The molecular formula is C5H7NO3. The number of hydrogen-bond donors (Lipinski definition) is 1. The Morgan fingerprint density at radius 1 is 1.89 bits per heavy atom. The fourth-order valence-corrected chi connectivity index (χ4v) is 0.583. The minimum atomic E-state index is -0.842. The Bertz CT molecular complexity index is 143. The molecule has 0 unspecified atom stereocenters. The van der Waals surface area contributed by atoms with Crippen molar-refractivity contribution in [1.29, 1.82) is 0 Å². The topological polar surface area (TPSA) is 49.8 Å². The van der Waals surface area contributed by atoms with Crippen LogP contribution in [0.4, 0.5) is 0 Å². The van der Waals surface area contributed by atoms with Gasteiger partial charge in [0.2, 0.25) is 0 Å². The van der Waals surface area contributed by atoms with E-state index >= 15 is 0 Å². The zero-order valence-corrected chi connectivity index (χ0v) is 4.78. The van der Waals surface area contributed by atoms with E-state index in [1.165, 1.54) is 6.26 Å². The first-order chi connectivity index (χ1) is 4.29. The fourth-order valence-electron chi connectivity index (χ4n) is 0.583. The first-order valence-corrected chi connectivity index (χ1v) is 2.53. The maximum Gasteiger partial charge on any atom is 0.323 e. The molecule has 4 heteroatoms. The summed E-state index contributed by atoms with van der Waals surface area (Å²) in [5.74, 6) is -0.842. The summed E-state index contributed by atoms with van der Waals surface area (Å²) < 4.78 is 4.74. The third-order valence-corrected chi connectivity index (χ3v) is 0.947. The third kappa shape index (κ3) is 1.64. The maximum atomic E-state index is 10.0. The Balaban J connectivity index is 2.28. The largest absolute Gasteiger partial charge is 0.480 e. The molecule has 0 atom stereocenters. The lowest BCUT2D eigenvalue weighted by Gasteiger charge is -2.08. The second-order valence-corrected chi connectivity index (χ2v) is 1.72. The standard InChI is InChI=1S/C5H7NO3/c7-5(8)3-6-1-2-9-4-6/h1-2H,3-4H2,(H,7,8). The average molecular weight is 129 g/mol. The molecule has 1 aliphatic heterocycles. The van der Waals surface area contributed by atoms with Crippen LogP contribution in [0.25, 0.3) is 0 Å². The molecule has 0 fully saturated rings. The second-order valence-electron chi connectivity index (χ2n) is 1.72. The van der Waals surface area contributed by atoms with Gasteiger partial charge in [0.05, 0.1) is 0 Å². The summed E-state index contributed by atoms with van der Waals surface area (Å²) in [5.41, 5.74) is 0. The summed E-state index contributed by atoms with van der Waals surface area (Å²) >= 11 is 0. The van der Waals surface area contributed by atoms with Crippen molar-refractivity contribution in [2.45, 2.75) is 0 Å². The Morgan fingerprint density at radius 2 is 2.67 bits per heavy atom. The van der Waals surface area contributed by atoms with Crippen molar-refractivity contribution in [3.8, 4) is 0 Å². The van der Waals surface area contributed by atoms with Gasteiger partial charge >= 0.3 is 5.97 Å². The van der Waals surface area contributed by atoms with E-state index in [0.29, 0.717) is 6.73 Å². The van der Waals surface area contributed by atoms with Gasteiger partial charge < -0.3 is 14.7 Å². The van der Waals surface area contributed by atoms with Crippen LogP contribution in [0, 0.1) is 0 Å². The molecule has 1 aliphatic rings. The molecule has 0 bridgehead atoms. The molecule has 0 spiro atoms. The molecule has 0 aliphatic carbocycles. The zero-order valence-electron chi connectivity index (χ0n) is 4.78. The van der Waals surface area contributed by atoms with E-state index < -0.39 is 5.97 Å². The number of hydrogen-bond acceptors (Lipinski definition) is 3. The molecule has 0 aromatic heterocycles. The van der Waals surface area contributed by atoms with Gasteiger partial charge in [-0.15, -0.1) is 0 Å². The first kappa shape index (κ1) is 5.94. The molecule has 0 radical (unpaired) electrons. The van der Waals surface area contributed by atoms with Crippen LogP contribution in [0.15, 0.2) is 12.5 Å². The van der Waals surface area contributed by atoms with Crippen LogP contribution in [0.1, 0.15) is 0 Å². The predicted molar refractivity (Wildman–Crippen MR) is 29.4 cm³/mol. The molecule has 1 heterocycles. The highest BCUT2D eigenvalue weighted by Crippen LogP contribution is 1.98. The Kier molecular flexibility index (Phi) is 1.58. The van der Waals surface area contributed by atoms with E-state index in [2.05, 4.69) is 0 Å². The summed E-state index contributed by atoms with van der Waals surface area (Å²) in [5, 5.41) is 8.24. The van der Waals surface area contributed by atoms with Crippen molar-refractivity contribution in [2.24, 2.45) is 0 Å². The molecule has 0 aromatic rings. The van der Waals surface area contributed by atoms with E-state index in [9.17, 15) is 4.79 Å². The van der Waals surface area contributed by atoms with Gasteiger partial charge in [-0.2, -0.15) is 0 Å². The summed E-state index contributed by atoms with van der Waals surface area (Å²) in [7, 11) is 0. The van der Waals surface area contributed by atoms with E-state index in [1.807, 2.05) is 0 Å². The van der Waals surface area contributed by atoms with Crippen LogP contribution in [0.5, 0.6) is 0 Å². The highest BCUT2D eigenvalue weighted by molar-refractivity contribution is 5.69. The predicted octanol–water partition coefficient (Wildman–Crippen LogP) is -0.168. The van der Waals surface area contributed by atoms with Crippen molar-refractivity contribution in [3.63, 3.8) is 0 Å². The molecule has 9 heavy (non-hydrogen) atoms. The van der Waals surface area contributed by atoms with Gasteiger partial charge in [-0.05, 0) is 0 Å². The SMILES string of the molecule is O=C(O)CN1C=COC1.